The number of aromatic nitrogens is 3. The third-order valence-electron chi connectivity index (χ3n) is 4.83. The van der Waals surface area contributed by atoms with Gasteiger partial charge >= 0.3 is 0 Å². The second-order valence-corrected chi connectivity index (χ2v) is 6.80. The van der Waals surface area contributed by atoms with Crippen LogP contribution >= 0.6 is 0 Å². The highest BCUT2D eigenvalue weighted by molar-refractivity contribution is 5.92. The molecule has 7 nitrogen and oxygen atoms in total. The Hall–Kier alpha value is -3.81. The number of nitrogens with zero attached hydrogens (tertiary/aromatic N) is 5. The fraction of sp³-hybridized carbons (Fsp3) is 0.182. The van der Waals surface area contributed by atoms with Crippen LogP contribution in [0.1, 0.15) is 5.56 Å². The zero-order chi connectivity index (χ0) is 20.8. The van der Waals surface area contributed by atoms with Crippen molar-refractivity contribution in [3.05, 3.63) is 78.4 Å². The number of piperazine rings is 1. The van der Waals surface area contributed by atoms with E-state index < -0.39 is 0 Å². The average molecular weight is 404 g/mol. The van der Waals surface area contributed by atoms with Crippen LogP contribution in [-0.2, 0) is 4.79 Å². The van der Waals surface area contributed by atoms with Crippen molar-refractivity contribution in [1.29, 1.82) is 0 Å². The smallest absolute Gasteiger partial charge is 0.246 e. The van der Waals surface area contributed by atoms with Gasteiger partial charge in [0.05, 0.1) is 0 Å². The predicted octanol–water partition coefficient (Wildman–Crippen LogP) is 3.12. The second-order valence-electron chi connectivity index (χ2n) is 6.80. The van der Waals surface area contributed by atoms with Crippen LogP contribution in [0.5, 0.6) is 0 Å². The number of halogens is 1. The lowest BCUT2D eigenvalue weighted by Crippen LogP contribution is -2.48. The largest absolute Gasteiger partial charge is 0.352 e. The van der Waals surface area contributed by atoms with E-state index in [4.69, 9.17) is 0 Å². The fourth-order valence-electron chi connectivity index (χ4n) is 3.18. The molecule has 30 heavy (non-hydrogen) atoms. The molecule has 1 aliphatic rings. The number of carbonyl (C=O) groups excluding carboxylic acids is 1. The van der Waals surface area contributed by atoms with E-state index in [2.05, 4.69) is 25.4 Å². The normalized spacial score (nSPS) is 14.2. The summed E-state index contributed by atoms with van der Waals surface area (Å²) < 4.78 is 13.7. The summed E-state index contributed by atoms with van der Waals surface area (Å²) in [5.41, 5.74) is 1.29. The van der Waals surface area contributed by atoms with Crippen LogP contribution in [0.25, 0.3) is 6.08 Å². The van der Waals surface area contributed by atoms with E-state index >= 15 is 0 Å². The number of carbonyl (C=O) groups is 1. The third-order valence-corrected chi connectivity index (χ3v) is 4.83. The first-order chi connectivity index (χ1) is 14.7. The molecule has 1 amide bonds. The summed E-state index contributed by atoms with van der Waals surface area (Å²) in [5, 5.41) is 11.7. The Balaban J connectivity index is 1.31. The molecule has 1 N–H and O–H groups in total. The van der Waals surface area contributed by atoms with Gasteiger partial charge in [-0.25, -0.2) is 4.39 Å². The molecular formula is C22H21FN6O. The zero-order valence-corrected chi connectivity index (χ0v) is 16.3. The highest BCUT2D eigenvalue weighted by Crippen LogP contribution is 2.17. The minimum Gasteiger partial charge on any atom is -0.352 e. The molecule has 3 aromatic rings. The molecule has 0 aliphatic carbocycles. The van der Waals surface area contributed by atoms with Gasteiger partial charge < -0.3 is 15.1 Å². The molecule has 0 unspecified atom stereocenters. The highest BCUT2D eigenvalue weighted by Gasteiger charge is 2.20. The molecule has 2 aromatic heterocycles. The van der Waals surface area contributed by atoms with E-state index in [0.29, 0.717) is 37.6 Å². The number of rotatable bonds is 5. The Labute approximate surface area is 173 Å². The van der Waals surface area contributed by atoms with Crippen LogP contribution in [0, 0.1) is 5.82 Å². The van der Waals surface area contributed by atoms with E-state index in [1.807, 2.05) is 24.3 Å². The van der Waals surface area contributed by atoms with Gasteiger partial charge in [-0.1, -0.05) is 18.2 Å². The standard InChI is InChI=1S/C22H21FN6O/c23-19-4-2-1-3-17(19)5-8-22(30)29-15-13-28(14-16-29)21-7-6-20(26-27-21)25-18-9-11-24-12-10-18/h1-12H,13-16H2,(H,24,25,26)/b8-5+. The predicted molar refractivity (Wildman–Crippen MR) is 114 cm³/mol. The summed E-state index contributed by atoms with van der Waals surface area (Å²) in [7, 11) is 0. The summed E-state index contributed by atoms with van der Waals surface area (Å²) in [6.07, 6.45) is 6.35. The molecule has 4 rings (SSSR count). The van der Waals surface area contributed by atoms with E-state index in [9.17, 15) is 9.18 Å². The van der Waals surface area contributed by atoms with Crippen molar-refractivity contribution >= 4 is 29.3 Å². The first-order valence-corrected chi connectivity index (χ1v) is 9.66. The van der Waals surface area contributed by atoms with Crippen LogP contribution in [0.3, 0.4) is 0 Å². The van der Waals surface area contributed by atoms with E-state index in [1.54, 1.807) is 35.5 Å². The number of benzene rings is 1. The topological polar surface area (TPSA) is 74.2 Å². The molecule has 0 atom stereocenters. The van der Waals surface area contributed by atoms with Crippen LogP contribution < -0.4 is 10.2 Å². The van der Waals surface area contributed by atoms with Crippen molar-refractivity contribution in [3.8, 4) is 0 Å². The van der Waals surface area contributed by atoms with Crippen molar-refractivity contribution in [2.24, 2.45) is 0 Å². The number of anilines is 3. The van der Waals surface area contributed by atoms with Crippen LogP contribution in [0.2, 0.25) is 0 Å². The lowest BCUT2D eigenvalue weighted by atomic mass is 10.2. The van der Waals surface area contributed by atoms with E-state index in [1.165, 1.54) is 18.2 Å². The molecular weight excluding hydrogens is 383 g/mol. The molecule has 3 heterocycles. The summed E-state index contributed by atoms with van der Waals surface area (Å²) in [6.45, 7) is 2.45. The Morgan fingerprint density at radius 3 is 2.43 bits per heavy atom. The molecule has 1 fully saturated rings. The Morgan fingerprint density at radius 1 is 0.967 bits per heavy atom. The van der Waals surface area contributed by atoms with Crippen molar-refractivity contribution in [2.75, 3.05) is 36.4 Å². The molecule has 0 bridgehead atoms. The van der Waals surface area contributed by atoms with Gasteiger partial charge in [0.15, 0.2) is 11.6 Å². The first kappa shape index (κ1) is 19.5. The van der Waals surface area contributed by atoms with E-state index in [0.717, 1.165) is 11.5 Å². The molecule has 152 valence electrons. The number of hydrogen-bond acceptors (Lipinski definition) is 6. The van der Waals surface area contributed by atoms with Gasteiger partial charge in [-0.2, -0.15) is 0 Å². The molecule has 1 aliphatic heterocycles. The summed E-state index contributed by atoms with van der Waals surface area (Å²) >= 11 is 0. The minimum atomic E-state index is -0.341. The number of amides is 1. The molecule has 0 radical (unpaired) electrons. The van der Waals surface area contributed by atoms with Crippen molar-refractivity contribution in [3.63, 3.8) is 0 Å². The third kappa shape index (κ3) is 4.78. The van der Waals surface area contributed by atoms with Gasteiger partial charge in [0.2, 0.25) is 5.91 Å². The maximum atomic E-state index is 13.7. The van der Waals surface area contributed by atoms with Crippen LogP contribution in [0.4, 0.5) is 21.7 Å². The Morgan fingerprint density at radius 2 is 1.73 bits per heavy atom. The van der Waals surface area contributed by atoms with Gasteiger partial charge in [0, 0.05) is 55.9 Å². The van der Waals surface area contributed by atoms with Crippen molar-refractivity contribution < 1.29 is 9.18 Å². The Bertz CT molecular complexity index is 1020. The van der Waals surface area contributed by atoms with Crippen molar-refractivity contribution in [1.82, 2.24) is 20.1 Å². The zero-order valence-electron chi connectivity index (χ0n) is 16.3. The maximum Gasteiger partial charge on any atom is 0.246 e. The number of hydrogen-bond donors (Lipinski definition) is 1. The van der Waals surface area contributed by atoms with Gasteiger partial charge in [0.1, 0.15) is 5.82 Å². The highest BCUT2D eigenvalue weighted by atomic mass is 19.1. The molecule has 0 spiro atoms. The van der Waals surface area contributed by atoms with Crippen LogP contribution in [-0.4, -0.2) is 52.2 Å². The summed E-state index contributed by atoms with van der Waals surface area (Å²) in [5.74, 6) is 0.953. The van der Waals surface area contributed by atoms with Gasteiger partial charge in [-0.05, 0) is 36.4 Å². The maximum absolute atomic E-state index is 13.7. The Kier molecular flexibility index (Phi) is 5.93. The second kappa shape index (κ2) is 9.13. The quantitative estimate of drug-likeness (QED) is 0.659. The van der Waals surface area contributed by atoms with Gasteiger partial charge in [0.25, 0.3) is 0 Å². The van der Waals surface area contributed by atoms with E-state index in [-0.39, 0.29) is 11.7 Å². The molecule has 0 saturated carbocycles. The van der Waals surface area contributed by atoms with Gasteiger partial charge in [-0.3, -0.25) is 9.78 Å². The minimum absolute atomic E-state index is 0.124. The van der Waals surface area contributed by atoms with Crippen LogP contribution in [0.15, 0.2) is 67.0 Å². The lowest BCUT2D eigenvalue weighted by Gasteiger charge is -2.34. The first-order valence-electron chi connectivity index (χ1n) is 9.66. The molecule has 8 heteroatoms. The molecule has 1 saturated heterocycles. The number of pyridine rings is 1. The summed E-state index contributed by atoms with van der Waals surface area (Å²) in [4.78, 5) is 20.2. The number of nitrogens with one attached hydrogen (secondary N) is 1. The molecule has 1 aromatic carbocycles. The average Bonchev–Trinajstić information content (AvgIpc) is 2.80. The fourth-order valence-corrected chi connectivity index (χ4v) is 3.18. The van der Waals surface area contributed by atoms with Gasteiger partial charge in [-0.15, -0.1) is 10.2 Å². The SMILES string of the molecule is O=C(/C=C/c1ccccc1F)N1CCN(c2ccc(Nc3ccncc3)nn2)CC1. The summed E-state index contributed by atoms with van der Waals surface area (Å²) in [6, 6.07) is 13.9. The van der Waals surface area contributed by atoms with Crippen molar-refractivity contribution in [2.45, 2.75) is 0 Å². The lowest BCUT2D eigenvalue weighted by molar-refractivity contribution is -0.126. The monoisotopic (exact) mass is 404 g/mol.